The highest BCUT2D eigenvalue weighted by molar-refractivity contribution is 7.80. The van der Waals surface area contributed by atoms with E-state index >= 15 is 0 Å². The van der Waals surface area contributed by atoms with Crippen molar-refractivity contribution < 1.29 is 9.84 Å². The maximum atomic E-state index is 9.28. The molecule has 1 heterocycles. The van der Waals surface area contributed by atoms with Crippen molar-refractivity contribution in [1.29, 1.82) is 0 Å². The number of aromatic hydroxyl groups is 1. The Morgan fingerprint density at radius 2 is 2.36 bits per heavy atom. The van der Waals surface area contributed by atoms with Gasteiger partial charge in [-0.1, -0.05) is 0 Å². The molecule has 1 aromatic heterocycles. The van der Waals surface area contributed by atoms with E-state index in [1.54, 1.807) is 6.07 Å². The molecule has 0 aliphatic heterocycles. The lowest BCUT2D eigenvalue weighted by molar-refractivity contribution is 0.412. The molecule has 0 aliphatic carbocycles. The van der Waals surface area contributed by atoms with Crippen LogP contribution in [0.15, 0.2) is 6.07 Å². The SMILES string of the molecule is COC(=S)c1sc(C)cc1O. The fourth-order valence-corrected chi connectivity index (χ4v) is 1.79. The van der Waals surface area contributed by atoms with Crippen LogP contribution < -0.4 is 0 Å². The van der Waals surface area contributed by atoms with Crippen LogP contribution in [0.2, 0.25) is 0 Å². The Morgan fingerprint density at radius 3 is 2.73 bits per heavy atom. The molecule has 1 N–H and O–H groups in total. The van der Waals surface area contributed by atoms with Gasteiger partial charge in [0, 0.05) is 4.88 Å². The van der Waals surface area contributed by atoms with Gasteiger partial charge in [-0.25, -0.2) is 0 Å². The van der Waals surface area contributed by atoms with Crippen LogP contribution >= 0.6 is 23.6 Å². The van der Waals surface area contributed by atoms with Gasteiger partial charge < -0.3 is 9.84 Å². The van der Waals surface area contributed by atoms with E-state index in [-0.39, 0.29) is 5.75 Å². The van der Waals surface area contributed by atoms with Crippen LogP contribution in [0.3, 0.4) is 0 Å². The molecule has 0 aliphatic rings. The first-order chi connectivity index (χ1) is 5.15. The van der Waals surface area contributed by atoms with E-state index in [0.717, 1.165) is 4.88 Å². The molecule has 4 heteroatoms. The number of methoxy groups -OCH3 is 1. The molecule has 0 radical (unpaired) electrons. The topological polar surface area (TPSA) is 29.5 Å². The summed E-state index contributed by atoms with van der Waals surface area (Å²) in [6, 6.07) is 1.67. The van der Waals surface area contributed by atoms with Crippen LogP contribution in [0.25, 0.3) is 0 Å². The molecule has 0 aromatic carbocycles. The van der Waals surface area contributed by atoms with Gasteiger partial charge in [0.2, 0.25) is 5.05 Å². The van der Waals surface area contributed by atoms with E-state index in [1.165, 1.54) is 18.4 Å². The molecule has 1 aromatic rings. The summed E-state index contributed by atoms with van der Waals surface area (Å²) in [4.78, 5) is 1.66. The van der Waals surface area contributed by atoms with E-state index in [4.69, 9.17) is 17.0 Å². The number of thiophene rings is 1. The average Bonchev–Trinajstić information content (AvgIpc) is 2.28. The van der Waals surface area contributed by atoms with Crippen LogP contribution in [-0.4, -0.2) is 17.3 Å². The average molecular weight is 188 g/mol. The van der Waals surface area contributed by atoms with Crippen molar-refractivity contribution in [2.75, 3.05) is 7.11 Å². The molecular formula is C7H8O2S2. The van der Waals surface area contributed by atoms with Crippen molar-refractivity contribution in [2.45, 2.75) is 6.92 Å². The minimum Gasteiger partial charge on any atom is -0.506 e. The quantitative estimate of drug-likeness (QED) is 0.684. The number of hydrogen-bond donors (Lipinski definition) is 1. The molecule has 0 atom stereocenters. The molecule has 60 valence electrons. The molecule has 1 rings (SSSR count). The lowest BCUT2D eigenvalue weighted by atomic mass is 10.4. The van der Waals surface area contributed by atoms with Crippen molar-refractivity contribution in [3.63, 3.8) is 0 Å². The van der Waals surface area contributed by atoms with Crippen molar-refractivity contribution >= 4 is 28.6 Å². The van der Waals surface area contributed by atoms with Crippen molar-refractivity contribution in [3.8, 4) is 5.75 Å². The second kappa shape index (κ2) is 3.19. The van der Waals surface area contributed by atoms with Gasteiger partial charge in [0.05, 0.1) is 7.11 Å². The van der Waals surface area contributed by atoms with E-state index < -0.39 is 0 Å². The molecular weight excluding hydrogens is 180 g/mol. The number of rotatable bonds is 1. The van der Waals surface area contributed by atoms with Crippen molar-refractivity contribution in [1.82, 2.24) is 0 Å². The smallest absolute Gasteiger partial charge is 0.205 e. The number of ether oxygens (including phenoxy) is 1. The van der Waals surface area contributed by atoms with E-state index in [0.29, 0.717) is 9.93 Å². The van der Waals surface area contributed by atoms with Gasteiger partial charge in [-0.3, -0.25) is 0 Å². The highest BCUT2D eigenvalue weighted by Gasteiger charge is 2.10. The molecule has 0 amide bonds. The standard InChI is InChI=1S/C7H8O2S2/c1-4-3-5(8)6(11-4)7(10)9-2/h3,8H,1-2H3. The lowest BCUT2D eigenvalue weighted by Gasteiger charge is -1.97. The Morgan fingerprint density at radius 1 is 1.73 bits per heavy atom. The van der Waals surface area contributed by atoms with Gasteiger partial charge in [-0.15, -0.1) is 11.3 Å². The Hall–Kier alpha value is -0.610. The van der Waals surface area contributed by atoms with E-state index in [2.05, 4.69) is 0 Å². The normalized spacial score (nSPS) is 9.64. The third-order valence-electron chi connectivity index (χ3n) is 1.21. The molecule has 11 heavy (non-hydrogen) atoms. The summed E-state index contributed by atoms with van der Waals surface area (Å²) >= 11 is 6.28. The van der Waals surface area contributed by atoms with Gasteiger partial charge in [0.25, 0.3) is 0 Å². The van der Waals surface area contributed by atoms with Gasteiger partial charge in [-0.05, 0) is 25.2 Å². The molecule has 0 unspecified atom stereocenters. The zero-order chi connectivity index (χ0) is 8.43. The summed E-state index contributed by atoms with van der Waals surface area (Å²) < 4.78 is 4.81. The van der Waals surface area contributed by atoms with Crippen LogP contribution in [0.1, 0.15) is 9.75 Å². The Bertz CT molecular complexity index is 278. The lowest BCUT2D eigenvalue weighted by Crippen LogP contribution is -1.95. The largest absolute Gasteiger partial charge is 0.506 e. The van der Waals surface area contributed by atoms with E-state index in [9.17, 15) is 5.11 Å². The maximum Gasteiger partial charge on any atom is 0.205 e. The third-order valence-corrected chi connectivity index (χ3v) is 2.74. The van der Waals surface area contributed by atoms with E-state index in [1.807, 2.05) is 6.92 Å². The molecule has 0 spiro atoms. The predicted octanol–water partition coefficient (Wildman–Crippen LogP) is 2.08. The van der Waals surface area contributed by atoms with Gasteiger partial charge in [0.1, 0.15) is 10.6 Å². The van der Waals surface area contributed by atoms with Crippen LogP contribution in [0, 0.1) is 6.92 Å². The second-order valence-electron chi connectivity index (χ2n) is 2.06. The minimum absolute atomic E-state index is 0.208. The summed E-state index contributed by atoms with van der Waals surface area (Å²) in [6.07, 6.45) is 0. The summed E-state index contributed by atoms with van der Waals surface area (Å²) in [5.41, 5.74) is 0. The number of thiocarbonyl (C=S) groups is 1. The maximum absolute atomic E-state index is 9.28. The molecule has 0 bridgehead atoms. The monoisotopic (exact) mass is 188 g/mol. The zero-order valence-corrected chi connectivity index (χ0v) is 7.88. The second-order valence-corrected chi connectivity index (χ2v) is 3.69. The van der Waals surface area contributed by atoms with Crippen molar-refractivity contribution in [2.24, 2.45) is 0 Å². The number of aryl methyl sites for hydroxylation is 1. The Labute approximate surface area is 74.4 Å². The molecule has 0 saturated heterocycles. The summed E-state index contributed by atoms with van der Waals surface area (Å²) in [6.45, 7) is 1.91. The molecule has 0 fully saturated rings. The highest BCUT2D eigenvalue weighted by Crippen LogP contribution is 2.28. The predicted molar refractivity (Wildman–Crippen MR) is 49.4 cm³/mol. The van der Waals surface area contributed by atoms with Gasteiger partial charge in [-0.2, -0.15) is 0 Å². The minimum atomic E-state index is 0.208. The molecule has 2 nitrogen and oxygen atoms in total. The summed E-state index contributed by atoms with van der Waals surface area (Å²) in [7, 11) is 1.50. The fraction of sp³-hybridized carbons (Fsp3) is 0.286. The zero-order valence-electron chi connectivity index (χ0n) is 6.25. The van der Waals surface area contributed by atoms with Gasteiger partial charge in [0.15, 0.2) is 0 Å². The van der Waals surface area contributed by atoms with Crippen LogP contribution in [-0.2, 0) is 4.74 Å². The molecule has 0 saturated carbocycles. The Balaban J connectivity index is 3.03. The van der Waals surface area contributed by atoms with Crippen molar-refractivity contribution in [3.05, 3.63) is 15.8 Å². The first kappa shape index (κ1) is 8.49. The summed E-state index contributed by atoms with van der Waals surface area (Å²) in [5, 5.41) is 9.62. The number of hydrogen-bond acceptors (Lipinski definition) is 4. The Kier molecular flexibility index (Phi) is 2.46. The van der Waals surface area contributed by atoms with Gasteiger partial charge >= 0.3 is 0 Å². The summed E-state index contributed by atoms with van der Waals surface area (Å²) in [5.74, 6) is 0.208. The first-order valence-electron chi connectivity index (χ1n) is 3.03. The van der Waals surface area contributed by atoms with Crippen LogP contribution in [0.4, 0.5) is 0 Å². The fourth-order valence-electron chi connectivity index (χ4n) is 0.740. The first-order valence-corrected chi connectivity index (χ1v) is 4.25. The third kappa shape index (κ3) is 1.70. The van der Waals surface area contributed by atoms with Crippen LogP contribution in [0.5, 0.6) is 5.75 Å². The highest BCUT2D eigenvalue weighted by atomic mass is 32.1.